The molecule has 4 nitrogen and oxygen atoms in total. The number of ether oxygens (including phenoxy) is 1. The average Bonchev–Trinajstić information content (AvgIpc) is 2.53. The zero-order chi connectivity index (χ0) is 15.2. The highest BCUT2D eigenvalue weighted by molar-refractivity contribution is 9.10. The summed E-state index contributed by atoms with van der Waals surface area (Å²) in [7, 11) is 0. The Balaban J connectivity index is 2.25. The molecule has 21 heavy (non-hydrogen) atoms. The van der Waals surface area contributed by atoms with Crippen LogP contribution >= 0.6 is 27.7 Å². The highest BCUT2D eigenvalue weighted by Crippen LogP contribution is 2.29. The van der Waals surface area contributed by atoms with Gasteiger partial charge >= 0.3 is 0 Å². The van der Waals surface area contributed by atoms with Crippen molar-refractivity contribution in [1.29, 1.82) is 0 Å². The lowest BCUT2D eigenvalue weighted by molar-refractivity contribution is 0.302. The smallest absolute Gasteiger partial charge is 0.174 e. The first-order chi connectivity index (χ1) is 10.2. The topological polar surface area (TPSA) is 67.8 Å². The van der Waals surface area contributed by atoms with E-state index in [0.29, 0.717) is 17.9 Å². The highest BCUT2D eigenvalue weighted by Gasteiger charge is 2.13. The van der Waals surface area contributed by atoms with Crippen LogP contribution < -0.4 is 10.5 Å². The lowest BCUT2D eigenvalue weighted by Gasteiger charge is -2.13. The van der Waals surface area contributed by atoms with Crippen LogP contribution in [-0.4, -0.2) is 17.3 Å². The molecular weight excluding hydrogens is 352 g/mol. The number of rotatable bonds is 5. The molecule has 110 valence electrons. The summed E-state index contributed by atoms with van der Waals surface area (Å²) in [5.74, 6) is 0.644. The summed E-state index contributed by atoms with van der Waals surface area (Å²) in [5, 5.41) is 12.0. The molecule has 0 heterocycles. The zero-order valence-electron chi connectivity index (χ0n) is 11.4. The molecule has 0 radical (unpaired) electrons. The predicted molar refractivity (Wildman–Crippen MR) is 89.2 cm³/mol. The van der Waals surface area contributed by atoms with Gasteiger partial charge in [0.05, 0.1) is 5.56 Å². The average molecular weight is 367 g/mol. The van der Waals surface area contributed by atoms with E-state index < -0.39 is 0 Å². The van der Waals surface area contributed by atoms with Crippen molar-refractivity contribution in [1.82, 2.24) is 0 Å². The van der Waals surface area contributed by atoms with Crippen molar-refractivity contribution in [3.63, 3.8) is 0 Å². The van der Waals surface area contributed by atoms with Crippen molar-refractivity contribution in [2.75, 3.05) is 6.26 Å². The fourth-order valence-corrected chi connectivity index (χ4v) is 2.73. The zero-order valence-corrected chi connectivity index (χ0v) is 13.8. The summed E-state index contributed by atoms with van der Waals surface area (Å²) in [5.41, 5.74) is 7.42. The van der Waals surface area contributed by atoms with Crippen LogP contribution in [0.4, 0.5) is 0 Å². The van der Waals surface area contributed by atoms with E-state index in [0.717, 1.165) is 14.9 Å². The third kappa shape index (κ3) is 3.92. The van der Waals surface area contributed by atoms with Gasteiger partial charge in [-0.15, -0.1) is 11.8 Å². The minimum atomic E-state index is 0.0470. The number of hydrogen-bond donors (Lipinski definition) is 2. The van der Waals surface area contributed by atoms with Crippen LogP contribution in [0.5, 0.6) is 5.75 Å². The van der Waals surface area contributed by atoms with Gasteiger partial charge < -0.3 is 15.7 Å². The minimum Gasteiger partial charge on any atom is -0.488 e. The number of oxime groups is 1. The van der Waals surface area contributed by atoms with Gasteiger partial charge in [-0.05, 0) is 36.1 Å². The summed E-state index contributed by atoms with van der Waals surface area (Å²) in [6.07, 6.45) is 1.93. The molecule has 2 aromatic carbocycles. The predicted octanol–water partition coefficient (Wildman–Crippen LogP) is 3.84. The summed E-state index contributed by atoms with van der Waals surface area (Å²) in [6, 6.07) is 13.5. The molecular formula is C15H15BrN2O2S. The molecule has 0 amide bonds. The SMILES string of the molecule is CSc1cccc(OCc2ccc(Br)cc2)c1/C(N)=N/O. The normalized spacial score (nSPS) is 11.4. The second kappa shape index (κ2) is 7.38. The molecule has 0 aromatic heterocycles. The molecule has 0 atom stereocenters. The van der Waals surface area contributed by atoms with Crippen molar-refractivity contribution in [2.24, 2.45) is 10.9 Å². The molecule has 2 aromatic rings. The quantitative estimate of drug-likeness (QED) is 0.277. The lowest BCUT2D eigenvalue weighted by Crippen LogP contribution is -2.16. The second-order valence-corrected chi connectivity index (χ2v) is 6.00. The largest absolute Gasteiger partial charge is 0.488 e. The maximum atomic E-state index is 8.94. The van der Waals surface area contributed by atoms with Crippen LogP contribution in [0, 0.1) is 0 Å². The molecule has 0 aliphatic carbocycles. The van der Waals surface area contributed by atoms with Gasteiger partial charge in [-0.1, -0.05) is 39.3 Å². The molecule has 0 spiro atoms. The number of halogens is 1. The summed E-state index contributed by atoms with van der Waals surface area (Å²) in [4.78, 5) is 0.901. The van der Waals surface area contributed by atoms with Crippen molar-refractivity contribution < 1.29 is 9.94 Å². The summed E-state index contributed by atoms with van der Waals surface area (Å²) in [6.45, 7) is 0.414. The van der Waals surface area contributed by atoms with Gasteiger partial charge in [0, 0.05) is 9.37 Å². The highest BCUT2D eigenvalue weighted by atomic mass is 79.9. The number of thioether (sulfide) groups is 1. The molecule has 2 rings (SSSR count). The third-order valence-corrected chi connectivity index (χ3v) is 4.19. The number of nitrogens with zero attached hydrogens (tertiary/aromatic N) is 1. The Morgan fingerprint density at radius 2 is 2.00 bits per heavy atom. The Morgan fingerprint density at radius 1 is 1.29 bits per heavy atom. The Labute approximate surface area is 136 Å². The number of hydrogen-bond acceptors (Lipinski definition) is 4. The number of amidine groups is 1. The van der Waals surface area contributed by atoms with Crippen LogP contribution in [-0.2, 0) is 6.61 Å². The maximum Gasteiger partial charge on any atom is 0.174 e. The van der Waals surface area contributed by atoms with E-state index in [1.165, 1.54) is 11.8 Å². The standard InChI is InChI=1S/C15H15BrN2O2S/c1-21-13-4-2-3-12(14(13)15(17)18-19)20-9-10-5-7-11(16)8-6-10/h2-8,19H,9H2,1H3,(H2,17,18). The van der Waals surface area contributed by atoms with E-state index in [1.54, 1.807) is 0 Å². The molecule has 0 aliphatic rings. The Morgan fingerprint density at radius 3 is 2.62 bits per heavy atom. The van der Waals surface area contributed by atoms with E-state index >= 15 is 0 Å². The molecule has 0 saturated heterocycles. The fourth-order valence-electron chi connectivity index (χ4n) is 1.85. The van der Waals surface area contributed by atoms with Crippen molar-refractivity contribution >= 4 is 33.5 Å². The van der Waals surface area contributed by atoms with Crippen LogP contribution in [0.25, 0.3) is 0 Å². The van der Waals surface area contributed by atoms with Crippen molar-refractivity contribution in [3.05, 3.63) is 58.1 Å². The van der Waals surface area contributed by atoms with Gasteiger partial charge in [0.25, 0.3) is 0 Å². The minimum absolute atomic E-state index is 0.0470. The molecule has 3 N–H and O–H groups in total. The monoisotopic (exact) mass is 366 g/mol. The first-order valence-corrected chi connectivity index (χ1v) is 8.19. The van der Waals surface area contributed by atoms with E-state index in [2.05, 4.69) is 21.1 Å². The molecule has 0 bridgehead atoms. The first kappa shape index (κ1) is 15.7. The van der Waals surface area contributed by atoms with E-state index in [4.69, 9.17) is 15.7 Å². The Hall–Kier alpha value is -1.66. The van der Waals surface area contributed by atoms with Crippen LogP contribution in [0.15, 0.2) is 57.0 Å². The lowest BCUT2D eigenvalue weighted by atomic mass is 10.2. The molecule has 0 aliphatic heterocycles. The van der Waals surface area contributed by atoms with Crippen LogP contribution in [0.2, 0.25) is 0 Å². The Kier molecular flexibility index (Phi) is 5.52. The maximum absolute atomic E-state index is 8.94. The van der Waals surface area contributed by atoms with Crippen molar-refractivity contribution in [2.45, 2.75) is 11.5 Å². The van der Waals surface area contributed by atoms with Gasteiger partial charge in [0.2, 0.25) is 0 Å². The van der Waals surface area contributed by atoms with Gasteiger partial charge in [-0.3, -0.25) is 0 Å². The summed E-state index contributed by atoms with van der Waals surface area (Å²) < 4.78 is 6.85. The Bertz CT molecular complexity index is 645. The second-order valence-electron chi connectivity index (χ2n) is 4.23. The van der Waals surface area contributed by atoms with E-state index in [9.17, 15) is 0 Å². The van der Waals surface area contributed by atoms with Gasteiger partial charge in [0.15, 0.2) is 5.84 Å². The molecule has 0 unspecified atom stereocenters. The molecule has 0 saturated carbocycles. The van der Waals surface area contributed by atoms with Gasteiger partial charge in [0.1, 0.15) is 12.4 Å². The van der Waals surface area contributed by atoms with E-state index in [1.807, 2.05) is 48.7 Å². The molecule has 0 fully saturated rings. The van der Waals surface area contributed by atoms with Gasteiger partial charge in [-0.25, -0.2) is 0 Å². The van der Waals surface area contributed by atoms with Crippen molar-refractivity contribution in [3.8, 4) is 5.75 Å². The third-order valence-electron chi connectivity index (χ3n) is 2.88. The number of nitrogens with two attached hydrogens (primary N) is 1. The van der Waals surface area contributed by atoms with Crippen LogP contribution in [0.3, 0.4) is 0 Å². The van der Waals surface area contributed by atoms with E-state index in [-0.39, 0.29) is 5.84 Å². The first-order valence-electron chi connectivity index (χ1n) is 6.18. The summed E-state index contributed by atoms with van der Waals surface area (Å²) >= 11 is 4.92. The molecule has 6 heteroatoms. The number of benzene rings is 2. The fraction of sp³-hybridized carbons (Fsp3) is 0.133. The van der Waals surface area contributed by atoms with Crippen LogP contribution in [0.1, 0.15) is 11.1 Å². The van der Waals surface area contributed by atoms with Gasteiger partial charge in [-0.2, -0.15) is 0 Å².